The number of aromatic nitrogens is 2. The van der Waals surface area contributed by atoms with Crippen LogP contribution in [-0.2, 0) is 23.1 Å². The van der Waals surface area contributed by atoms with E-state index in [0.29, 0.717) is 18.8 Å². The Kier molecular flexibility index (Phi) is 9.84. The molecule has 1 unspecified atom stereocenters. The third kappa shape index (κ3) is 6.90. The van der Waals surface area contributed by atoms with E-state index in [1.807, 2.05) is 24.0 Å². The molecule has 27 heavy (non-hydrogen) atoms. The standard InChI is InChI=1S/C19H33N5O2.HI/c1-3-20-19(21-14-16-7-10-22-23(16)2)24-11-8-17(9-12-24)26-15-18-6-4-5-13-25-18;/h7,10,17-18H,3-6,8-9,11-15H2,1-2H3,(H,20,21);1H. The van der Waals surface area contributed by atoms with E-state index >= 15 is 0 Å². The number of nitrogens with zero attached hydrogens (tertiary/aromatic N) is 4. The van der Waals surface area contributed by atoms with E-state index in [2.05, 4.69) is 22.2 Å². The van der Waals surface area contributed by atoms with Gasteiger partial charge in [-0.1, -0.05) is 0 Å². The Hall–Kier alpha value is -0.870. The zero-order valence-corrected chi connectivity index (χ0v) is 18.9. The summed E-state index contributed by atoms with van der Waals surface area (Å²) in [5.74, 6) is 0.989. The molecule has 8 heteroatoms. The number of guanidine groups is 1. The van der Waals surface area contributed by atoms with Crippen molar-refractivity contribution >= 4 is 29.9 Å². The van der Waals surface area contributed by atoms with Gasteiger partial charge in [-0.3, -0.25) is 4.68 Å². The minimum absolute atomic E-state index is 0. The van der Waals surface area contributed by atoms with Crippen LogP contribution >= 0.6 is 24.0 Å². The van der Waals surface area contributed by atoms with Crippen LogP contribution in [0.4, 0.5) is 0 Å². The van der Waals surface area contributed by atoms with E-state index in [9.17, 15) is 0 Å². The highest BCUT2D eigenvalue weighted by atomic mass is 127. The number of ether oxygens (including phenoxy) is 2. The van der Waals surface area contributed by atoms with E-state index < -0.39 is 0 Å². The van der Waals surface area contributed by atoms with Crippen LogP contribution in [0.2, 0.25) is 0 Å². The molecule has 154 valence electrons. The molecule has 2 fully saturated rings. The first kappa shape index (κ1) is 22.4. The fourth-order valence-corrected chi connectivity index (χ4v) is 3.55. The number of halogens is 1. The maximum atomic E-state index is 6.12. The summed E-state index contributed by atoms with van der Waals surface area (Å²) < 4.78 is 13.8. The topological polar surface area (TPSA) is 63.9 Å². The van der Waals surface area contributed by atoms with Crippen LogP contribution in [0.15, 0.2) is 17.3 Å². The number of nitrogens with one attached hydrogen (secondary N) is 1. The number of likely N-dealkylation sites (tertiary alicyclic amines) is 1. The molecular formula is C19H34IN5O2. The highest BCUT2D eigenvalue weighted by Gasteiger charge is 2.23. The first-order valence-corrected chi connectivity index (χ1v) is 9.99. The fourth-order valence-electron chi connectivity index (χ4n) is 3.55. The van der Waals surface area contributed by atoms with Crippen molar-refractivity contribution in [3.05, 3.63) is 18.0 Å². The molecule has 1 atom stereocenters. The molecule has 2 saturated heterocycles. The van der Waals surface area contributed by atoms with Crippen LogP contribution in [0.25, 0.3) is 0 Å². The minimum Gasteiger partial charge on any atom is -0.376 e. The van der Waals surface area contributed by atoms with Crippen molar-refractivity contribution < 1.29 is 9.47 Å². The summed E-state index contributed by atoms with van der Waals surface area (Å²) in [4.78, 5) is 7.14. The van der Waals surface area contributed by atoms with Crippen LogP contribution in [-0.4, -0.2) is 65.7 Å². The first-order valence-electron chi connectivity index (χ1n) is 9.99. The molecule has 2 aliphatic heterocycles. The van der Waals surface area contributed by atoms with Gasteiger partial charge in [0, 0.05) is 39.5 Å². The second kappa shape index (κ2) is 11.9. The summed E-state index contributed by atoms with van der Waals surface area (Å²) in [5, 5.41) is 7.63. The second-order valence-electron chi connectivity index (χ2n) is 7.12. The fraction of sp³-hybridized carbons (Fsp3) is 0.789. The van der Waals surface area contributed by atoms with Crippen molar-refractivity contribution in [3.63, 3.8) is 0 Å². The monoisotopic (exact) mass is 491 g/mol. The summed E-state index contributed by atoms with van der Waals surface area (Å²) >= 11 is 0. The smallest absolute Gasteiger partial charge is 0.194 e. The van der Waals surface area contributed by atoms with Crippen molar-refractivity contribution in [3.8, 4) is 0 Å². The predicted molar refractivity (Wildman–Crippen MR) is 118 cm³/mol. The van der Waals surface area contributed by atoms with Crippen molar-refractivity contribution in [2.24, 2.45) is 12.0 Å². The van der Waals surface area contributed by atoms with Gasteiger partial charge in [0.2, 0.25) is 0 Å². The summed E-state index contributed by atoms with van der Waals surface area (Å²) in [6.45, 7) is 7.24. The normalized spacial score (nSPS) is 21.8. The molecule has 0 aliphatic carbocycles. The maximum Gasteiger partial charge on any atom is 0.194 e. The highest BCUT2D eigenvalue weighted by Crippen LogP contribution is 2.18. The number of piperidine rings is 1. The van der Waals surface area contributed by atoms with Gasteiger partial charge in [-0.2, -0.15) is 5.10 Å². The highest BCUT2D eigenvalue weighted by molar-refractivity contribution is 14.0. The zero-order valence-electron chi connectivity index (χ0n) is 16.6. The molecule has 0 bridgehead atoms. The quantitative estimate of drug-likeness (QED) is 0.377. The van der Waals surface area contributed by atoms with Gasteiger partial charge in [0.25, 0.3) is 0 Å². The van der Waals surface area contributed by atoms with E-state index in [1.165, 1.54) is 12.8 Å². The Balaban J connectivity index is 0.00000261. The summed E-state index contributed by atoms with van der Waals surface area (Å²) in [6.07, 6.45) is 8.16. The van der Waals surface area contributed by atoms with E-state index in [4.69, 9.17) is 14.5 Å². The van der Waals surface area contributed by atoms with Crippen molar-refractivity contribution in [2.45, 2.75) is 57.8 Å². The van der Waals surface area contributed by atoms with Crippen LogP contribution < -0.4 is 5.32 Å². The molecule has 3 heterocycles. The Morgan fingerprint density at radius 3 is 2.78 bits per heavy atom. The Bertz CT molecular complexity index is 566. The van der Waals surface area contributed by atoms with Crippen molar-refractivity contribution in [1.29, 1.82) is 0 Å². The van der Waals surface area contributed by atoms with Crippen LogP contribution in [0.3, 0.4) is 0 Å². The Morgan fingerprint density at radius 2 is 2.15 bits per heavy atom. The van der Waals surface area contributed by atoms with Gasteiger partial charge in [-0.25, -0.2) is 4.99 Å². The van der Waals surface area contributed by atoms with Gasteiger partial charge < -0.3 is 19.7 Å². The lowest BCUT2D eigenvalue weighted by Gasteiger charge is -2.35. The van der Waals surface area contributed by atoms with Crippen LogP contribution in [0, 0.1) is 0 Å². The number of aliphatic imine (C=N–C) groups is 1. The maximum absolute atomic E-state index is 6.12. The van der Waals surface area contributed by atoms with Crippen molar-refractivity contribution in [1.82, 2.24) is 20.0 Å². The molecule has 7 nitrogen and oxygen atoms in total. The van der Waals surface area contributed by atoms with Gasteiger partial charge in [0.05, 0.1) is 31.1 Å². The average Bonchev–Trinajstić information content (AvgIpc) is 3.10. The molecular weight excluding hydrogens is 457 g/mol. The lowest BCUT2D eigenvalue weighted by atomic mass is 10.1. The average molecular weight is 491 g/mol. The molecule has 2 aliphatic rings. The number of aryl methyl sites for hydroxylation is 1. The molecule has 0 spiro atoms. The Labute approximate surface area is 179 Å². The molecule has 0 aromatic carbocycles. The van der Waals surface area contributed by atoms with Crippen molar-refractivity contribution in [2.75, 3.05) is 32.8 Å². The lowest BCUT2D eigenvalue weighted by molar-refractivity contribution is -0.0721. The van der Waals surface area contributed by atoms with E-state index in [-0.39, 0.29) is 24.0 Å². The number of hydrogen-bond acceptors (Lipinski definition) is 4. The summed E-state index contributed by atoms with van der Waals surface area (Å²) in [6, 6.07) is 2.01. The van der Waals surface area contributed by atoms with Gasteiger partial charge in [0.1, 0.15) is 0 Å². The minimum atomic E-state index is 0. The zero-order chi connectivity index (χ0) is 18.2. The first-order chi connectivity index (χ1) is 12.8. The molecule has 0 amide bonds. The molecule has 0 saturated carbocycles. The molecule has 0 radical (unpaired) electrons. The van der Waals surface area contributed by atoms with Crippen LogP contribution in [0.1, 0.15) is 44.7 Å². The van der Waals surface area contributed by atoms with Gasteiger partial charge >= 0.3 is 0 Å². The molecule has 3 rings (SSSR count). The third-order valence-corrected chi connectivity index (χ3v) is 5.18. The number of rotatable bonds is 6. The predicted octanol–water partition coefficient (Wildman–Crippen LogP) is 2.55. The third-order valence-electron chi connectivity index (χ3n) is 5.18. The van der Waals surface area contributed by atoms with E-state index in [1.54, 1.807) is 0 Å². The largest absolute Gasteiger partial charge is 0.376 e. The summed E-state index contributed by atoms with van der Waals surface area (Å²) in [5.41, 5.74) is 1.12. The van der Waals surface area contributed by atoms with Crippen LogP contribution in [0.5, 0.6) is 0 Å². The molecule has 1 aromatic heterocycles. The van der Waals surface area contributed by atoms with Gasteiger partial charge in [-0.15, -0.1) is 24.0 Å². The lowest BCUT2D eigenvalue weighted by Crippen LogP contribution is -2.47. The molecule has 1 aromatic rings. The van der Waals surface area contributed by atoms with Gasteiger partial charge in [0.15, 0.2) is 5.96 Å². The van der Waals surface area contributed by atoms with E-state index in [0.717, 1.165) is 63.8 Å². The second-order valence-corrected chi connectivity index (χ2v) is 7.12. The number of hydrogen-bond donors (Lipinski definition) is 1. The Morgan fingerprint density at radius 1 is 1.33 bits per heavy atom. The SMILES string of the molecule is CCNC(=NCc1ccnn1C)N1CCC(OCC2CCCCO2)CC1.I. The van der Waals surface area contributed by atoms with Gasteiger partial charge in [-0.05, 0) is 45.1 Å². The molecule has 1 N–H and O–H groups in total. The summed E-state index contributed by atoms with van der Waals surface area (Å²) in [7, 11) is 1.95.